The number of aromatic nitrogens is 1. The van der Waals surface area contributed by atoms with E-state index in [1.54, 1.807) is 37.3 Å². The monoisotopic (exact) mass is 330 g/mol. The zero-order chi connectivity index (χ0) is 16.7. The van der Waals surface area contributed by atoms with E-state index in [4.69, 9.17) is 9.78 Å². The van der Waals surface area contributed by atoms with E-state index >= 15 is 0 Å². The van der Waals surface area contributed by atoms with Gasteiger partial charge in [0.1, 0.15) is 5.76 Å². The van der Waals surface area contributed by atoms with Crippen LogP contribution in [0.25, 0.3) is 0 Å². The molecule has 0 fully saturated rings. The average molecular weight is 330 g/mol. The first-order valence-corrected chi connectivity index (χ1v) is 7.83. The Kier molecular flexibility index (Phi) is 5.77. The number of carbonyl (C=O) groups excluding carboxylic acids is 2. The minimum Gasteiger partial charge on any atom is -0.360 e. The minimum atomic E-state index is -0.262. The van der Waals surface area contributed by atoms with Crippen molar-refractivity contribution in [3.8, 4) is 6.07 Å². The number of nitriles is 1. The molecule has 2 rings (SSSR count). The summed E-state index contributed by atoms with van der Waals surface area (Å²) in [7, 11) is 0. The summed E-state index contributed by atoms with van der Waals surface area (Å²) in [4.78, 5) is 23.4. The topological polar surface area (TPSA) is 108 Å². The van der Waals surface area contributed by atoms with Crippen LogP contribution in [-0.2, 0) is 9.59 Å². The molecule has 118 valence electrons. The highest BCUT2D eigenvalue weighted by Gasteiger charge is 2.08. The second-order valence-corrected chi connectivity index (χ2v) is 5.59. The van der Waals surface area contributed by atoms with Crippen LogP contribution in [0.4, 0.5) is 11.5 Å². The van der Waals surface area contributed by atoms with Crippen LogP contribution < -0.4 is 10.6 Å². The van der Waals surface area contributed by atoms with Crippen molar-refractivity contribution in [2.75, 3.05) is 22.1 Å². The Morgan fingerprint density at radius 1 is 1.26 bits per heavy atom. The maximum atomic E-state index is 11.8. The third kappa shape index (κ3) is 5.48. The van der Waals surface area contributed by atoms with Crippen molar-refractivity contribution in [1.82, 2.24) is 5.16 Å². The molecule has 0 saturated heterocycles. The molecule has 1 heterocycles. The summed E-state index contributed by atoms with van der Waals surface area (Å²) >= 11 is 1.18. The second kappa shape index (κ2) is 8.00. The fraction of sp³-hybridized carbons (Fsp3) is 0.200. The largest absolute Gasteiger partial charge is 0.360 e. The number of nitrogens with zero attached hydrogens (tertiary/aromatic N) is 2. The molecule has 0 aliphatic rings. The third-order valence-corrected chi connectivity index (χ3v) is 3.57. The minimum absolute atomic E-state index is 0.123. The Morgan fingerprint density at radius 2 is 2.00 bits per heavy atom. The van der Waals surface area contributed by atoms with E-state index in [2.05, 4.69) is 15.8 Å². The van der Waals surface area contributed by atoms with Gasteiger partial charge in [-0.25, -0.2) is 0 Å². The molecule has 0 bridgehead atoms. The molecule has 0 atom stereocenters. The average Bonchev–Trinajstić information content (AvgIpc) is 2.92. The molecule has 0 unspecified atom stereocenters. The van der Waals surface area contributed by atoms with Crippen molar-refractivity contribution in [2.24, 2.45) is 0 Å². The number of nitrogens with one attached hydrogen (secondary N) is 2. The van der Waals surface area contributed by atoms with Crippen LogP contribution in [0.15, 0.2) is 34.9 Å². The SMILES string of the molecule is Cc1cc(NC(=O)CSCC(=O)Nc2cccc(C#N)c2)no1. The van der Waals surface area contributed by atoms with E-state index in [0.717, 1.165) is 0 Å². The van der Waals surface area contributed by atoms with Crippen LogP contribution in [0, 0.1) is 18.3 Å². The Hall–Kier alpha value is -2.79. The number of thioether (sulfide) groups is 1. The first kappa shape index (κ1) is 16.6. The molecule has 2 aromatic rings. The summed E-state index contributed by atoms with van der Waals surface area (Å²) < 4.78 is 4.83. The summed E-state index contributed by atoms with van der Waals surface area (Å²) in [6, 6.07) is 10.2. The summed E-state index contributed by atoms with van der Waals surface area (Å²) in [6.07, 6.45) is 0. The van der Waals surface area contributed by atoms with Crippen LogP contribution in [0.2, 0.25) is 0 Å². The lowest BCUT2D eigenvalue weighted by atomic mass is 10.2. The first-order chi connectivity index (χ1) is 11.1. The van der Waals surface area contributed by atoms with Crippen molar-refractivity contribution < 1.29 is 14.1 Å². The number of amides is 2. The van der Waals surface area contributed by atoms with Gasteiger partial charge in [0.15, 0.2) is 5.82 Å². The molecule has 7 nitrogen and oxygen atoms in total. The zero-order valence-corrected chi connectivity index (χ0v) is 13.1. The van der Waals surface area contributed by atoms with E-state index in [-0.39, 0.29) is 23.3 Å². The van der Waals surface area contributed by atoms with E-state index in [0.29, 0.717) is 22.8 Å². The molecule has 0 aliphatic carbocycles. The Morgan fingerprint density at radius 3 is 2.65 bits per heavy atom. The van der Waals surface area contributed by atoms with Gasteiger partial charge < -0.3 is 15.2 Å². The van der Waals surface area contributed by atoms with Crippen LogP contribution in [-0.4, -0.2) is 28.5 Å². The molecule has 0 spiro atoms. The lowest BCUT2D eigenvalue weighted by molar-refractivity contribution is -0.114. The molecule has 2 N–H and O–H groups in total. The van der Waals surface area contributed by atoms with Gasteiger partial charge in [0, 0.05) is 11.8 Å². The molecule has 23 heavy (non-hydrogen) atoms. The summed E-state index contributed by atoms with van der Waals surface area (Å²) in [5.41, 5.74) is 1.02. The highest BCUT2D eigenvalue weighted by Crippen LogP contribution is 2.11. The predicted molar refractivity (Wildman–Crippen MR) is 87.0 cm³/mol. The Labute approximate surface area is 137 Å². The quantitative estimate of drug-likeness (QED) is 0.840. The van der Waals surface area contributed by atoms with Crippen molar-refractivity contribution in [3.63, 3.8) is 0 Å². The fourth-order valence-electron chi connectivity index (χ4n) is 1.70. The van der Waals surface area contributed by atoms with Crippen molar-refractivity contribution in [1.29, 1.82) is 5.26 Å². The number of anilines is 2. The summed E-state index contributed by atoms with van der Waals surface area (Å²) in [6.45, 7) is 1.73. The number of hydrogen-bond acceptors (Lipinski definition) is 6. The highest BCUT2D eigenvalue weighted by atomic mass is 32.2. The van der Waals surface area contributed by atoms with Gasteiger partial charge in [-0.05, 0) is 25.1 Å². The predicted octanol–water partition coefficient (Wildman–Crippen LogP) is 2.17. The molecule has 2 amide bonds. The molecule has 8 heteroatoms. The third-order valence-electron chi connectivity index (χ3n) is 2.64. The number of hydrogen-bond donors (Lipinski definition) is 2. The van der Waals surface area contributed by atoms with Gasteiger partial charge in [-0.15, -0.1) is 11.8 Å². The maximum absolute atomic E-state index is 11.8. The van der Waals surface area contributed by atoms with Crippen molar-refractivity contribution >= 4 is 35.1 Å². The maximum Gasteiger partial charge on any atom is 0.235 e. The molecular formula is C15H14N4O3S. The van der Waals surface area contributed by atoms with Gasteiger partial charge in [-0.1, -0.05) is 11.2 Å². The smallest absolute Gasteiger partial charge is 0.235 e. The summed E-state index contributed by atoms with van der Waals surface area (Å²) in [5.74, 6) is 0.704. The number of rotatable bonds is 6. The number of benzene rings is 1. The summed E-state index contributed by atoms with van der Waals surface area (Å²) in [5, 5.41) is 17.7. The van der Waals surface area contributed by atoms with Crippen LogP contribution in [0.5, 0.6) is 0 Å². The molecule has 0 radical (unpaired) electrons. The molecule has 1 aromatic carbocycles. The van der Waals surface area contributed by atoms with Gasteiger partial charge >= 0.3 is 0 Å². The fourth-order valence-corrected chi connectivity index (χ4v) is 2.32. The first-order valence-electron chi connectivity index (χ1n) is 6.68. The van der Waals surface area contributed by atoms with Crippen molar-refractivity contribution in [2.45, 2.75) is 6.92 Å². The van der Waals surface area contributed by atoms with Gasteiger partial charge in [-0.2, -0.15) is 5.26 Å². The molecular weight excluding hydrogens is 316 g/mol. The zero-order valence-electron chi connectivity index (χ0n) is 12.3. The van der Waals surface area contributed by atoms with Gasteiger partial charge in [0.25, 0.3) is 0 Å². The molecule has 0 aliphatic heterocycles. The second-order valence-electron chi connectivity index (χ2n) is 4.60. The van der Waals surface area contributed by atoms with Crippen molar-refractivity contribution in [3.05, 3.63) is 41.7 Å². The van der Waals surface area contributed by atoms with E-state index < -0.39 is 0 Å². The number of carbonyl (C=O) groups is 2. The Balaban J connectivity index is 1.72. The van der Waals surface area contributed by atoms with Gasteiger partial charge in [0.05, 0.1) is 23.1 Å². The van der Waals surface area contributed by atoms with Gasteiger partial charge in [0.2, 0.25) is 11.8 Å². The highest BCUT2D eigenvalue weighted by molar-refractivity contribution is 8.00. The normalized spacial score (nSPS) is 9.91. The van der Waals surface area contributed by atoms with E-state index in [1.807, 2.05) is 6.07 Å². The van der Waals surface area contributed by atoms with Crippen LogP contribution >= 0.6 is 11.8 Å². The van der Waals surface area contributed by atoms with Gasteiger partial charge in [-0.3, -0.25) is 9.59 Å². The van der Waals surface area contributed by atoms with E-state index in [9.17, 15) is 9.59 Å². The molecule has 0 saturated carbocycles. The van der Waals surface area contributed by atoms with E-state index in [1.165, 1.54) is 11.8 Å². The Bertz CT molecular complexity index is 751. The molecule has 1 aromatic heterocycles. The van der Waals surface area contributed by atoms with Crippen LogP contribution in [0.1, 0.15) is 11.3 Å². The number of aryl methyl sites for hydroxylation is 1. The van der Waals surface area contributed by atoms with Crippen LogP contribution in [0.3, 0.4) is 0 Å². The standard InChI is InChI=1S/C15H14N4O3S/c1-10-5-13(19-22-10)18-15(21)9-23-8-14(20)17-12-4-2-3-11(6-12)7-16/h2-6H,8-9H2,1H3,(H,17,20)(H,18,19,21). The lowest BCUT2D eigenvalue weighted by Crippen LogP contribution is -2.18. The lowest BCUT2D eigenvalue weighted by Gasteiger charge is -2.05.